The fourth-order valence-corrected chi connectivity index (χ4v) is 4.26. The van der Waals surface area contributed by atoms with Crippen molar-refractivity contribution >= 4 is 46.1 Å². The zero-order chi connectivity index (χ0) is 26.8. The lowest BCUT2D eigenvalue weighted by Crippen LogP contribution is -2.54. The normalized spacial score (nSPS) is 14.6. The number of nitrogens with zero attached hydrogens (tertiary/aromatic N) is 2. The highest BCUT2D eigenvalue weighted by molar-refractivity contribution is 6.39. The van der Waals surface area contributed by atoms with Crippen molar-refractivity contribution in [3.05, 3.63) is 117 Å². The molecule has 0 radical (unpaired) electrons. The van der Waals surface area contributed by atoms with Crippen molar-refractivity contribution in [1.29, 1.82) is 0 Å². The van der Waals surface area contributed by atoms with Gasteiger partial charge in [0.1, 0.15) is 17.9 Å². The minimum Gasteiger partial charge on any atom is -0.488 e. The Bertz CT molecular complexity index is 1640. The summed E-state index contributed by atoms with van der Waals surface area (Å²) in [5.74, 6) is -1.16. The predicted octanol–water partition coefficient (Wildman–Crippen LogP) is 5.30. The number of para-hydroxylation sites is 1. The van der Waals surface area contributed by atoms with E-state index in [1.165, 1.54) is 18.2 Å². The number of nitro groups is 1. The molecule has 1 heterocycles. The molecule has 0 unspecified atom stereocenters. The van der Waals surface area contributed by atoms with Crippen LogP contribution in [0.4, 0.5) is 16.2 Å². The van der Waals surface area contributed by atoms with Crippen molar-refractivity contribution in [2.75, 3.05) is 4.90 Å². The number of barbiturate groups is 1. The fourth-order valence-electron chi connectivity index (χ4n) is 4.26. The Morgan fingerprint density at radius 3 is 2.37 bits per heavy atom. The van der Waals surface area contributed by atoms with Crippen LogP contribution in [0.15, 0.2) is 90.5 Å². The van der Waals surface area contributed by atoms with Gasteiger partial charge >= 0.3 is 6.03 Å². The lowest BCUT2D eigenvalue weighted by Gasteiger charge is -2.27. The van der Waals surface area contributed by atoms with Gasteiger partial charge in [-0.15, -0.1) is 0 Å². The molecule has 0 spiro atoms. The number of aryl methyl sites for hydroxylation is 1. The Morgan fingerprint density at radius 1 is 0.921 bits per heavy atom. The summed E-state index contributed by atoms with van der Waals surface area (Å²) in [7, 11) is 0. The Labute approximate surface area is 217 Å². The van der Waals surface area contributed by atoms with E-state index in [0.29, 0.717) is 28.1 Å². The molecule has 1 fully saturated rings. The largest absolute Gasteiger partial charge is 0.488 e. The topological polar surface area (TPSA) is 119 Å². The molecule has 0 atom stereocenters. The van der Waals surface area contributed by atoms with Crippen molar-refractivity contribution in [2.24, 2.45) is 0 Å². The van der Waals surface area contributed by atoms with Crippen LogP contribution in [0.1, 0.15) is 16.7 Å². The van der Waals surface area contributed by atoms with Gasteiger partial charge in [-0.05, 0) is 59.2 Å². The molecule has 4 aromatic rings. The molecule has 0 saturated carbocycles. The second-order valence-electron chi connectivity index (χ2n) is 8.66. The quantitative estimate of drug-likeness (QED) is 0.164. The molecular weight excluding hydrogens is 486 g/mol. The van der Waals surface area contributed by atoms with Crippen molar-refractivity contribution < 1.29 is 24.0 Å². The number of anilines is 1. The van der Waals surface area contributed by atoms with Crippen LogP contribution in [-0.2, 0) is 16.2 Å². The zero-order valence-electron chi connectivity index (χ0n) is 20.2. The highest BCUT2D eigenvalue weighted by atomic mass is 16.6. The van der Waals surface area contributed by atoms with E-state index in [4.69, 9.17) is 4.74 Å². The lowest BCUT2D eigenvalue weighted by molar-refractivity contribution is -0.384. The molecule has 1 N–H and O–H groups in total. The van der Waals surface area contributed by atoms with Crippen molar-refractivity contribution in [1.82, 2.24) is 5.32 Å². The third-order valence-electron chi connectivity index (χ3n) is 6.22. The monoisotopic (exact) mass is 507 g/mol. The molecule has 1 aliphatic rings. The Hall–Kier alpha value is -5.31. The highest BCUT2D eigenvalue weighted by Gasteiger charge is 2.37. The van der Waals surface area contributed by atoms with Gasteiger partial charge < -0.3 is 4.74 Å². The number of hydrogen-bond acceptors (Lipinski definition) is 6. The van der Waals surface area contributed by atoms with Crippen LogP contribution in [0.5, 0.6) is 5.75 Å². The van der Waals surface area contributed by atoms with Gasteiger partial charge in [0.2, 0.25) is 0 Å². The number of benzene rings is 4. The molecular formula is C29H21N3O6. The van der Waals surface area contributed by atoms with Gasteiger partial charge in [-0.25, -0.2) is 9.69 Å². The van der Waals surface area contributed by atoms with Gasteiger partial charge in [-0.1, -0.05) is 48.5 Å². The summed E-state index contributed by atoms with van der Waals surface area (Å²) in [4.78, 5) is 50.4. The summed E-state index contributed by atoms with van der Waals surface area (Å²) in [6.45, 7) is 1.87. The minimum atomic E-state index is -0.820. The number of non-ortho nitro benzene ring substituents is 1. The molecule has 0 aliphatic carbocycles. The SMILES string of the molecule is Cc1ccccc1N1C(=O)NC(=O)/C(=C\c2c(OCc3ccc([N+](=O)[O-])cc3)ccc3ccccc23)C1=O. The highest BCUT2D eigenvalue weighted by Crippen LogP contribution is 2.33. The van der Waals surface area contributed by atoms with Crippen molar-refractivity contribution in [3.63, 3.8) is 0 Å². The number of imide groups is 2. The number of urea groups is 1. The van der Waals surface area contributed by atoms with Crippen LogP contribution in [0.2, 0.25) is 0 Å². The van der Waals surface area contributed by atoms with Gasteiger partial charge in [-0.2, -0.15) is 0 Å². The molecule has 188 valence electrons. The summed E-state index contributed by atoms with van der Waals surface area (Å²) in [5, 5.41) is 14.8. The number of amides is 4. The maximum Gasteiger partial charge on any atom is 0.335 e. The third-order valence-corrected chi connectivity index (χ3v) is 6.22. The van der Waals surface area contributed by atoms with Gasteiger partial charge in [-0.3, -0.25) is 25.0 Å². The number of hydrogen-bond donors (Lipinski definition) is 1. The van der Waals surface area contributed by atoms with E-state index in [1.807, 2.05) is 30.3 Å². The van der Waals surface area contributed by atoms with Crippen molar-refractivity contribution in [3.8, 4) is 5.75 Å². The molecule has 1 saturated heterocycles. The molecule has 0 bridgehead atoms. The standard InChI is InChI=1S/C29H21N3O6/c1-18-6-2-5-9-25(18)31-28(34)24(27(33)30-29(31)35)16-23-22-8-4-3-7-20(22)12-15-26(23)38-17-19-10-13-21(14-11-19)32(36)37/h2-16H,17H2,1H3,(H,30,33,35)/b24-16+. The average molecular weight is 508 g/mol. The van der Waals surface area contributed by atoms with Crippen molar-refractivity contribution in [2.45, 2.75) is 13.5 Å². The minimum absolute atomic E-state index is 0.0283. The van der Waals surface area contributed by atoms with Gasteiger partial charge in [0.15, 0.2) is 0 Å². The molecule has 38 heavy (non-hydrogen) atoms. The lowest BCUT2D eigenvalue weighted by atomic mass is 9.99. The molecule has 1 aliphatic heterocycles. The first-order valence-electron chi connectivity index (χ1n) is 11.7. The van der Waals surface area contributed by atoms with Crippen LogP contribution in [-0.4, -0.2) is 22.8 Å². The van der Waals surface area contributed by atoms with Gasteiger partial charge in [0, 0.05) is 17.7 Å². The second-order valence-corrected chi connectivity index (χ2v) is 8.66. The van der Waals surface area contributed by atoms with Crippen LogP contribution < -0.4 is 15.0 Å². The Balaban J connectivity index is 1.55. The maximum absolute atomic E-state index is 13.5. The average Bonchev–Trinajstić information content (AvgIpc) is 2.91. The Morgan fingerprint density at radius 2 is 1.63 bits per heavy atom. The first kappa shape index (κ1) is 24.4. The van der Waals surface area contributed by atoms with E-state index in [0.717, 1.165) is 15.7 Å². The zero-order valence-corrected chi connectivity index (χ0v) is 20.2. The first-order valence-corrected chi connectivity index (χ1v) is 11.7. The van der Waals surface area contributed by atoms with Crippen LogP contribution >= 0.6 is 0 Å². The van der Waals surface area contributed by atoms with E-state index in [-0.39, 0.29) is 17.9 Å². The fraction of sp³-hybridized carbons (Fsp3) is 0.0690. The number of nitrogens with one attached hydrogen (secondary N) is 1. The smallest absolute Gasteiger partial charge is 0.335 e. The van der Waals surface area contributed by atoms with E-state index < -0.39 is 22.8 Å². The predicted molar refractivity (Wildman–Crippen MR) is 142 cm³/mol. The summed E-state index contributed by atoms with van der Waals surface area (Å²) in [5.41, 5.74) is 2.01. The van der Waals surface area contributed by atoms with E-state index in [2.05, 4.69) is 5.32 Å². The summed E-state index contributed by atoms with van der Waals surface area (Å²) < 4.78 is 6.06. The van der Waals surface area contributed by atoms with E-state index in [1.54, 1.807) is 49.4 Å². The maximum atomic E-state index is 13.5. The number of rotatable bonds is 6. The molecule has 4 amide bonds. The number of carbonyl (C=O) groups excluding carboxylic acids is 3. The van der Waals surface area contributed by atoms with Crippen LogP contribution in [0.3, 0.4) is 0 Å². The van der Waals surface area contributed by atoms with Gasteiger partial charge in [0.05, 0.1) is 10.6 Å². The molecule has 5 rings (SSSR count). The van der Waals surface area contributed by atoms with Crippen LogP contribution in [0.25, 0.3) is 16.8 Å². The van der Waals surface area contributed by atoms with Gasteiger partial charge in [0.25, 0.3) is 17.5 Å². The first-order chi connectivity index (χ1) is 18.3. The molecule has 4 aromatic carbocycles. The number of carbonyl (C=O) groups is 3. The van der Waals surface area contributed by atoms with E-state index >= 15 is 0 Å². The Kier molecular flexibility index (Phi) is 6.40. The van der Waals surface area contributed by atoms with Crippen LogP contribution in [0, 0.1) is 17.0 Å². The molecule has 9 heteroatoms. The van der Waals surface area contributed by atoms with E-state index in [9.17, 15) is 24.5 Å². The number of nitro benzene ring substituents is 1. The number of fused-ring (bicyclic) bond motifs is 1. The second kappa shape index (κ2) is 9.98. The summed E-state index contributed by atoms with van der Waals surface area (Å²) in [6, 6.07) is 23.1. The molecule has 9 nitrogen and oxygen atoms in total. The number of ether oxygens (including phenoxy) is 1. The summed E-state index contributed by atoms with van der Waals surface area (Å²) in [6.07, 6.45) is 1.43. The third kappa shape index (κ3) is 4.60. The molecule has 0 aromatic heterocycles. The summed E-state index contributed by atoms with van der Waals surface area (Å²) >= 11 is 0.